The van der Waals surface area contributed by atoms with E-state index in [1.54, 1.807) is 7.11 Å². The van der Waals surface area contributed by atoms with Crippen LogP contribution >= 0.6 is 0 Å². The van der Waals surface area contributed by atoms with Crippen LogP contribution in [0.25, 0.3) is 0 Å². The fourth-order valence-corrected chi connectivity index (χ4v) is 3.67. The zero-order valence-electron chi connectivity index (χ0n) is 14.9. The third kappa shape index (κ3) is 2.60. The highest BCUT2D eigenvalue weighted by Gasteiger charge is 2.42. The summed E-state index contributed by atoms with van der Waals surface area (Å²) in [7, 11) is 1.67. The average Bonchev–Trinajstić information content (AvgIpc) is 2.53. The Hall–Kier alpha value is -2.23. The van der Waals surface area contributed by atoms with Gasteiger partial charge in [-0.15, -0.1) is 0 Å². The van der Waals surface area contributed by atoms with Crippen molar-refractivity contribution in [3.8, 4) is 11.5 Å². The standard InChI is InChI=1S/C20H24O4/c1-6-23-19(21)13-11-15-14(10-12(13)2)18-16(22-5)8-7-9-17(18)24-20(15,3)4/h7-9,11,14H,6,10H2,1-5H3. The molecule has 0 N–H and O–H groups in total. The van der Waals surface area contributed by atoms with Crippen molar-refractivity contribution in [2.75, 3.05) is 13.7 Å². The van der Waals surface area contributed by atoms with Crippen molar-refractivity contribution >= 4 is 5.97 Å². The van der Waals surface area contributed by atoms with Crippen molar-refractivity contribution in [3.63, 3.8) is 0 Å². The molecule has 4 heteroatoms. The van der Waals surface area contributed by atoms with Crippen LogP contribution in [0.5, 0.6) is 11.5 Å². The molecular weight excluding hydrogens is 304 g/mol. The highest BCUT2D eigenvalue weighted by Crippen LogP contribution is 2.52. The van der Waals surface area contributed by atoms with Crippen molar-refractivity contribution in [2.45, 2.75) is 45.6 Å². The first kappa shape index (κ1) is 16.6. The first-order chi connectivity index (χ1) is 11.4. The molecule has 0 aromatic heterocycles. The first-order valence-electron chi connectivity index (χ1n) is 8.34. The van der Waals surface area contributed by atoms with E-state index in [-0.39, 0.29) is 11.9 Å². The molecule has 2 aliphatic rings. The van der Waals surface area contributed by atoms with Crippen LogP contribution < -0.4 is 9.47 Å². The summed E-state index contributed by atoms with van der Waals surface area (Å²) in [5, 5.41) is 0. The third-order valence-corrected chi connectivity index (χ3v) is 4.80. The molecule has 0 amide bonds. The highest BCUT2D eigenvalue weighted by atomic mass is 16.5. The van der Waals surface area contributed by atoms with Gasteiger partial charge in [-0.2, -0.15) is 0 Å². The lowest BCUT2D eigenvalue weighted by atomic mass is 9.72. The fraction of sp³-hybridized carbons (Fsp3) is 0.450. The van der Waals surface area contributed by atoms with Crippen molar-refractivity contribution in [3.05, 3.63) is 46.6 Å². The topological polar surface area (TPSA) is 44.8 Å². The summed E-state index contributed by atoms with van der Waals surface area (Å²) >= 11 is 0. The van der Waals surface area contributed by atoms with Crippen LogP contribution in [0.2, 0.25) is 0 Å². The lowest BCUT2D eigenvalue weighted by Gasteiger charge is -2.43. The van der Waals surface area contributed by atoms with E-state index in [0.717, 1.165) is 34.6 Å². The molecule has 1 aliphatic heterocycles. The van der Waals surface area contributed by atoms with Gasteiger partial charge in [0.15, 0.2) is 0 Å². The van der Waals surface area contributed by atoms with Gasteiger partial charge in [0, 0.05) is 11.5 Å². The fourth-order valence-electron chi connectivity index (χ4n) is 3.67. The quantitative estimate of drug-likeness (QED) is 0.782. The van der Waals surface area contributed by atoms with Crippen LogP contribution in [0, 0.1) is 0 Å². The van der Waals surface area contributed by atoms with Crippen LogP contribution in [0.15, 0.2) is 41.0 Å². The molecule has 0 bridgehead atoms. The molecule has 1 unspecified atom stereocenters. The predicted octanol–water partition coefficient (Wildman–Crippen LogP) is 4.16. The Balaban J connectivity index is 2.13. The zero-order chi connectivity index (χ0) is 17.5. The number of fused-ring (bicyclic) bond motifs is 3. The Morgan fingerprint density at radius 2 is 2.12 bits per heavy atom. The molecule has 0 fully saturated rings. The van der Waals surface area contributed by atoms with Gasteiger partial charge in [0.2, 0.25) is 0 Å². The Kier molecular flexibility index (Phi) is 4.16. The SMILES string of the molecule is CCOC(=O)C1=C(C)CC2C(=C1)C(C)(C)Oc1cccc(OC)c12. The molecule has 0 spiro atoms. The number of methoxy groups -OCH3 is 1. The number of carbonyl (C=O) groups excluding carboxylic acids is 1. The molecule has 1 atom stereocenters. The average molecular weight is 328 g/mol. The second-order valence-electron chi connectivity index (χ2n) is 6.76. The lowest BCUT2D eigenvalue weighted by Crippen LogP contribution is -2.39. The van der Waals surface area contributed by atoms with Gasteiger partial charge in [-0.05, 0) is 57.9 Å². The summed E-state index contributed by atoms with van der Waals surface area (Å²) in [5.41, 5.74) is 3.36. The molecule has 4 nitrogen and oxygen atoms in total. The van der Waals surface area contributed by atoms with Gasteiger partial charge in [0.1, 0.15) is 17.1 Å². The molecule has 0 saturated carbocycles. The van der Waals surface area contributed by atoms with Gasteiger partial charge in [0.25, 0.3) is 0 Å². The molecule has 24 heavy (non-hydrogen) atoms. The van der Waals surface area contributed by atoms with Gasteiger partial charge in [-0.25, -0.2) is 4.79 Å². The molecule has 3 rings (SSSR count). The van der Waals surface area contributed by atoms with Crippen LogP contribution in [-0.4, -0.2) is 25.3 Å². The maximum absolute atomic E-state index is 12.3. The zero-order valence-corrected chi connectivity index (χ0v) is 14.9. The van der Waals surface area contributed by atoms with E-state index in [2.05, 4.69) is 0 Å². The summed E-state index contributed by atoms with van der Waals surface area (Å²) in [4.78, 5) is 12.3. The number of esters is 1. The second-order valence-corrected chi connectivity index (χ2v) is 6.76. The summed E-state index contributed by atoms with van der Waals surface area (Å²) in [6.45, 7) is 8.27. The minimum Gasteiger partial charge on any atom is -0.496 e. The van der Waals surface area contributed by atoms with Crippen LogP contribution in [0.1, 0.15) is 45.6 Å². The second kappa shape index (κ2) is 6.00. The van der Waals surface area contributed by atoms with Crippen molar-refractivity contribution in [1.82, 2.24) is 0 Å². The van der Waals surface area contributed by atoms with Crippen LogP contribution in [0.3, 0.4) is 0 Å². The van der Waals surface area contributed by atoms with Gasteiger partial charge in [-0.3, -0.25) is 0 Å². The largest absolute Gasteiger partial charge is 0.496 e. The lowest BCUT2D eigenvalue weighted by molar-refractivity contribution is -0.138. The molecule has 128 valence electrons. The maximum Gasteiger partial charge on any atom is 0.338 e. The number of ether oxygens (including phenoxy) is 3. The Labute approximate surface area is 143 Å². The maximum atomic E-state index is 12.3. The summed E-state index contributed by atoms with van der Waals surface area (Å²) < 4.78 is 17.0. The summed E-state index contributed by atoms with van der Waals surface area (Å²) in [6.07, 6.45) is 2.72. The van der Waals surface area contributed by atoms with Gasteiger partial charge in [-0.1, -0.05) is 11.6 Å². The molecule has 1 aliphatic carbocycles. The minimum atomic E-state index is -0.484. The Morgan fingerprint density at radius 3 is 2.79 bits per heavy atom. The van der Waals surface area contributed by atoms with Crippen molar-refractivity contribution in [1.29, 1.82) is 0 Å². The van der Waals surface area contributed by atoms with E-state index in [4.69, 9.17) is 14.2 Å². The van der Waals surface area contributed by atoms with Gasteiger partial charge >= 0.3 is 5.97 Å². The molecule has 1 heterocycles. The van der Waals surface area contributed by atoms with E-state index in [1.807, 2.05) is 52.0 Å². The van der Waals surface area contributed by atoms with Gasteiger partial charge in [0.05, 0.1) is 19.3 Å². The Bertz CT molecular complexity index is 740. The minimum absolute atomic E-state index is 0.151. The normalized spacial score (nSPS) is 21.2. The predicted molar refractivity (Wildman–Crippen MR) is 92.5 cm³/mol. The number of hydrogen-bond acceptors (Lipinski definition) is 4. The molecule has 0 radical (unpaired) electrons. The third-order valence-electron chi connectivity index (χ3n) is 4.80. The van der Waals surface area contributed by atoms with E-state index in [0.29, 0.717) is 12.2 Å². The molecule has 1 aromatic carbocycles. The molecular formula is C20H24O4. The smallest absolute Gasteiger partial charge is 0.338 e. The highest BCUT2D eigenvalue weighted by molar-refractivity contribution is 5.93. The molecule has 0 saturated heterocycles. The van der Waals surface area contributed by atoms with Crippen molar-refractivity contribution < 1.29 is 19.0 Å². The van der Waals surface area contributed by atoms with E-state index >= 15 is 0 Å². The van der Waals surface area contributed by atoms with Crippen LogP contribution in [0.4, 0.5) is 0 Å². The first-order valence-corrected chi connectivity index (χ1v) is 8.34. The number of rotatable bonds is 3. The Morgan fingerprint density at radius 1 is 1.38 bits per heavy atom. The summed E-state index contributed by atoms with van der Waals surface area (Å²) in [5.74, 6) is 1.57. The van der Waals surface area contributed by atoms with E-state index < -0.39 is 5.60 Å². The van der Waals surface area contributed by atoms with E-state index in [9.17, 15) is 4.79 Å². The monoisotopic (exact) mass is 328 g/mol. The molecule has 1 aromatic rings. The van der Waals surface area contributed by atoms with Gasteiger partial charge < -0.3 is 14.2 Å². The number of benzene rings is 1. The number of carbonyl (C=O) groups is 1. The van der Waals surface area contributed by atoms with Crippen LogP contribution in [-0.2, 0) is 9.53 Å². The summed E-state index contributed by atoms with van der Waals surface area (Å²) in [6, 6.07) is 5.88. The van der Waals surface area contributed by atoms with E-state index in [1.165, 1.54) is 0 Å². The van der Waals surface area contributed by atoms with Crippen molar-refractivity contribution in [2.24, 2.45) is 0 Å². The number of hydrogen-bond donors (Lipinski definition) is 0. The number of allylic oxidation sites excluding steroid dienone is 1.